The fourth-order valence-electron chi connectivity index (χ4n) is 1.85. The number of benzene rings is 1. The third-order valence-electron chi connectivity index (χ3n) is 2.89. The second-order valence-corrected chi connectivity index (χ2v) is 4.03. The summed E-state index contributed by atoms with van der Waals surface area (Å²) in [6.07, 6.45) is 0. The van der Waals surface area contributed by atoms with E-state index in [9.17, 15) is 14.0 Å². The molecule has 0 bridgehead atoms. The largest absolute Gasteiger partial charge is 0.345 e. The number of rotatable bonds is 2. The molecule has 5 heteroatoms. The second-order valence-electron chi connectivity index (χ2n) is 4.03. The molecule has 1 atom stereocenters. The molecule has 1 aromatic carbocycles. The average Bonchev–Trinajstić information content (AvgIpc) is 2.32. The maximum atomic E-state index is 12.8. The van der Waals surface area contributed by atoms with Gasteiger partial charge in [-0.1, -0.05) is 12.1 Å². The van der Waals surface area contributed by atoms with E-state index in [-0.39, 0.29) is 36.8 Å². The Kier molecular flexibility index (Phi) is 3.08. The predicted octanol–water partition coefficient (Wildman–Crippen LogP) is 0.845. The van der Waals surface area contributed by atoms with Gasteiger partial charge in [0.05, 0.1) is 12.6 Å². The number of hydrogen-bond donors (Lipinski definition) is 1. The van der Waals surface area contributed by atoms with Crippen LogP contribution in [-0.4, -0.2) is 29.8 Å². The lowest BCUT2D eigenvalue weighted by atomic mass is 10.1. The molecular weight excluding hydrogens is 223 g/mol. The topological polar surface area (TPSA) is 49.4 Å². The van der Waals surface area contributed by atoms with Gasteiger partial charge in [-0.2, -0.15) is 0 Å². The summed E-state index contributed by atoms with van der Waals surface area (Å²) in [4.78, 5) is 24.4. The molecule has 2 rings (SSSR count). The van der Waals surface area contributed by atoms with Gasteiger partial charge in [0.15, 0.2) is 0 Å². The normalized spacial score (nSPS) is 17.9. The standard InChI is InChI=1S/C12H13FN2O2/c1-8(9-2-4-10(13)5-3-9)15-7-11(16)14-6-12(15)17/h2-5,8H,6-7H2,1H3,(H,14,16). The van der Waals surface area contributed by atoms with Gasteiger partial charge in [0.2, 0.25) is 11.8 Å². The number of piperazine rings is 1. The molecule has 0 aliphatic carbocycles. The van der Waals surface area contributed by atoms with Crippen LogP contribution in [0.4, 0.5) is 4.39 Å². The first-order valence-electron chi connectivity index (χ1n) is 5.39. The molecule has 90 valence electrons. The van der Waals surface area contributed by atoms with E-state index in [2.05, 4.69) is 5.32 Å². The van der Waals surface area contributed by atoms with Crippen LogP contribution >= 0.6 is 0 Å². The second kappa shape index (κ2) is 4.53. The van der Waals surface area contributed by atoms with Gasteiger partial charge in [-0.05, 0) is 24.6 Å². The summed E-state index contributed by atoms with van der Waals surface area (Å²) in [5, 5.41) is 2.49. The molecule has 1 aliphatic rings. The van der Waals surface area contributed by atoms with Crippen molar-refractivity contribution in [1.82, 2.24) is 10.2 Å². The first kappa shape index (κ1) is 11.6. The minimum absolute atomic E-state index is 0.0321. The Morgan fingerprint density at radius 2 is 1.94 bits per heavy atom. The molecule has 0 saturated carbocycles. The molecule has 1 N–H and O–H groups in total. The van der Waals surface area contributed by atoms with Crippen LogP contribution in [0.15, 0.2) is 24.3 Å². The van der Waals surface area contributed by atoms with Gasteiger partial charge in [0, 0.05) is 0 Å². The van der Waals surface area contributed by atoms with Crippen LogP contribution in [0.1, 0.15) is 18.5 Å². The molecule has 1 aliphatic heterocycles. The highest BCUT2D eigenvalue weighted by atomic mass is 19.1. The van der Waals surface area contributed by atoms with Crippen LogP contribution in [0.3, 0.4) is 0 Å². The van der Waals surface area contributed by atoms with E-state index in [1.54, 1.807) is 12.1 Å². The fraction of sp³-hybridized carbons (Fsp3) is 0.333. The van der Waals surface area contributed by atoms with Gasteiger partial charge in [-0.15, -0.1) is 0 Å². The Hall–Kier alpha value is -1.91. The van der Waals surface area contributed by atoms with E-state index in [1.807, 2.05) is 6.92 Å². The molecule has 0 radical (unpaired) electrons. The van der Waals surface area contributed by atoms with Gasteiger partial charge in [0.25, 0.3) is 0 Å². The van der Waals surface area contributed by atoms with Gasteiger partial charge in [0.1, 0.15) is 12.4 Å². The minimum Gasteiger partial charge on any atom is -0.345 e. The number of carbonyl (C=O) groups excluding carboxylic acids is 2. The summed E-state index contributed by atoms with van der Waals surface area (Å²) in [5.74, 6) is -0.608. The Labute approximate surface area is 98.4 Å². The summed E-state index contributed by atoms with van der Waals surface area (Å²) >= 11 is 0. The van der Waals surface area contributed by atoms with E-state index < -0.39 is 0 Å². The first-order valence-corrected chi connectivity index (χ1v) is 5.39. The zero-order valence-corrected chi connectivity index (χ0v) is 9.44. The molecule has 0 spiro atoms. The van der Waals surface area contributed by atoms with Crippen LogP contribution in [0.2, 0.25) is 0 Å². The molecule has 1 heterocycles. The number of hydrogen-bond acceptors (Lipinski definition) is 2. The maximum absolute atomic E-state index is 12.8. The van der Waals surface area contributed by atoms with Crippen LogP contribution in [0.5, 0.6) is 0 Å². The molecular formula is C12H13FN2O2. The summed E-state index contributed by atoms with van der Waals surface area (Å²) in [6, 6.07) is 5.72. The Morgan fingerprint density at radius 1 is 1.29 bits per heavy atom. The molecule has 1 saturated heterocycles. The highest BCUT2D eigenvalue weighted by Crippen LogP contribution is 2.21. The van der Waals surface area contributed by atoms with Gasteiger partial charge >= 0.3 is 0 Å². The van der Waals surface area contributed by atoms with E-state index in [0.29, 0.717) is 0 Å². The molecule has 2 amide bonds. The summed E-state index contributed by atoms with van der Waals surface area (Å²) in [5.41, 5.74) is 0.814. The van der Waals surface area contributed by atoms with Crippen molar-refractivity contribution in [2.75, 3.05) is 13.1 Å². The summed E-state index contributed by atoms with van der Waals surface area (Å²) in [7, 11) is 0. The van der Waals surface area contributed by atoms with Crippen molar-refractivity contribution in [2.24, 2.45) is 0 Å². The molecule has 17 heavy (non-hydrogen) atoms. The maximum Gasteiger partial charge on any atom is 0.242 e. The quantitative estimate of drug-likeness (QED) is 0.827. The van der Waals surface area contributed by atoms with Crippen molar-refractivity contribution in [2.45, 2.75) is 13.0 Å². The highest BCUT2D eigenvalue weighted by Gasteiger charge is 2.27. The van der Waals surface area contributed by atoms with E-state index in [4.69, 9.17) is 0 Å². The van der Waals surface area contributed by atoms with Crippen molar-refractivity contribution in [3.05, 3.63) is 35.6 Å². The number of halogens is 1. The van der Waals surface area contributed by atoms with Crippen molar-refractivity contribution < 1.29 is 14.0 Å². The van der Waals surface area contributed by atoms with E-state index in [0.717, 1.165) is 5.56 Å². The third-order valence-corrected chi connectivity index (χ3v) is 2.89. The molecule has 1 unspecified atom stereocenters. The van der Waals surface area contributed by atoms with Crippen molar-refractivity contribution >= 4 is 11.8 Å². The first-order chi connectivity index (χ1) is 8.08. The van der Waals surface area contributed by atoms with Crippen LogP contribution in [-0.2, 0) is 9.59 Å². The smallest absolute Gasteiger partial charge is 0.242 e. The molecule has 1 aromatic rings. The van der Waals surface area contributed by atoms with Gasteiger partial charge in [-0.3, -0.25) is 9.59 Å². The average molecular weight is 236 g/mol. The fourth-order valence-corrected chi connectivity index (χ4v) is 1.85. The van der Waals surface area contributed by atoms with Crippen LogP contribution < -0.4 is 5.32 Å². The predicted molar refractivity (Wildman–Crippen MR) is 59.5 cm³/mol. The zero-order valence-electron chi connectivity index (χ0n) is 9.44. The van der Waals surface area contributed by atoms with Gasteiger partial charge in [-0.25, -0.2) is 4.39 Å². The lowest BCUT2D eigenvalue weighted by Crippen LogP contribution is -2.52. The lowest BCUT2D eigenvalue weighted by molar-refractivity contribution is -0.142. The van der Waals surface area contributed by atoms with Gasteiger partial charge < -0.3 is 10.2 Å². The zero-order chi connectivity index (χ0) is 12.4. The Morgan fingerprint density at radius 3 is 2.59 bits per heavy atom. The summed E-state index contributed by atoms with van der Waals surface area (Å²) in [6.45, 7) is 1.91. The SMILES string of the molecule is CC(c1ccc(F)cc1)N1CC(=O)NCC1=O. The molecule has 0 aromatic heterocycles. The van der Waals surface area contributed by atoms with E-state index in [1.165, 1.54) is 17.0 Å². The van der Waals surface area contributed by atoms with E-state index >= 15 is 0 Å². The number of nitrogens with zero attached hydrogens (tertiary/aromatic N) is 1. The summed E-state index contributed by atoms with van der Waals surface area (Å²) < 4.78 is 12.8. The van der Waals surface area contributed by atoms with Crippen molar-refractivity contribution in [1.29, 1.82) is 0 Å². The van der Waals surface area contributed by atoms with Crippen LogP contribution in [0, 0.1) is 5.82 Å². The van der Waals surface area contributed by atoms with Crippen molar-refractivity contribution in [3.8, 4) is 0 Å². The highest BCUT2D eigenvalue weighted by molar-refractivity contribution is 5.92. The molecule has 4 nitrogen and oxygen atoms in total. The lowest BCUT2D eigenvalue weighted by Gasteiger charge is -2.32. The van der Waals surface area contributed by atoms with Crippen LogP contribution in [0.25, 0.3) is 0 Å². The third kappa shape index (κ3) is 2.43. The Bertz CT molecular complexity index is 444. The monoisotopic (exact) mass is 236 g/mol. The van der Waals surface area contributed by atoms with Crippen molar-refractivity contribution in [3.63, 3.8) is 0 Å². The number of amides is 2. The number of nitrogens with one attached hydrogen (secondary N) is 1. The minimum atomic E-state index is -0.316. The molecule has 1 fully saturated rings. The Balaban J connectivity index is 2.18. The number of carbonyl (C=O) groups is 2.